The van der Waals surface area contributed by atoms with E-state index in [2.05, 4.69) is 4.57 Å². The molecule has 2 heterocycles. The molecule has 1 aliphatic heterocycles. The molecule has 0 spiro atoms. The van der Waals surface area contributed by atoms with Crippen LogP contribution in [0.15, 0.2) is 18.2 Å². The van der Waals surface area contributed by atoms with Crippen molar-refractivity contribution >= 4 is 22.8 Å². The molecule has 0 amide bonds. The average molecular weight is 359 g/mol. The van der Waals surface area contributed by atoms with Gasteiger partial charge in [0.2, 0.25) is 0 Å². The van der Waals surface area contributed by atoms with Crippen molar-refractivity contribution in [2.45, 2.75) is 31.9 Å². The molecule has 1 aromatic heterocycles. The number of carbonyl (C=O) groups is 2. The fourth-order valence-corrected chi connectivity index (χ4v) is 3.45. The molecule has 2 aromatic rings. The van der Waals surface area contributed by atoms with Crippen molar-refractivity contribution in [3.8, 4) is 5.75 Å². The molecule has 2 fully saturated rings. The van der Waals surface area contributed by atoms with Gasteiger partial charge in [0.05, 0.1) is 32.5 Å². The van der Waals surface area contributed by atoms with Crippen molar-refractivity contribution in [3.63, 3.8) is 0 Å². The molecule has 1 atom stereocenters. The van der Waals surface area contributed by atoms with Gasteiger partial charge in [0.1, 0.15) is 5.75 Å². The lowest BCUT2D eigenvalue weighted by Crippen LogP contribution is -2.38. The van der Waals surface area contributed by atoms with Gasteiger partial charge in [0.25, 0.3) is 0 Å². The number of esters is 2. The first-order valence-electron chi connectivity index (χ1n) is 8.74. The summed E-state index contributed by atoms with van der Waals surface area (Å²) in [5.74, 6) is -0.517. The molecule has 0 unspecified atom stereocenters. The molecular weight excluding hydrogens is 338 g/mol. The van der Waals surface area contributed by atoms with Crippen LogP contribution in [0.2, 0.25) is 0 Å². The molecule has 2 aliphatic rings. The molecule has 4 rings (SSSR count). The zero-order chi connectivity index (χ0) is 18.3. The number of hydrogen-bond acceptors (Lipinski definition) is 6. The first kappa shape index (κ1) is 17.1. The lowest BCUT2D eigenvalue weighted by atomic mass is 10.1. The van der Waals surface area contributed by atoms with Crippen LogP contribution in [0.25, 0.3) is 10.9 Å². The van der Waals surface area contributed by atoms with Gasteiger partial charge in [-0.05, 0) is 38.0 Å². The van der Waals surface area contributed by atoms with Crippen LogP contribution in [0.5, 0.6) is 5.75 Å². The largest absolute Gasteiger partial charge is 0.465 e. The molecule has 1 aromatic carbocycles. The number of nitrogens with zero attached hydrogens (tertiary/aromatic N) is 1. The summed E-state index contributed by atoms with van der Waals surface area (Å²) in [6.45, 7) is 2.95. The van der Waals surface area contributed by atoms with Gasteiger partial charge in [-0.3, -0.25) is 0 Å². The highest BCUT2D eigenvalue weighted by Gasteiger charge is 2.31. The van der Waals surface area contributed by atoms with Crippen LogP contribution < -0.4 is 4.74 Å². The van der Waals surface area contributed by atoms with E-state index in [1.807, 2.05) is 13.0 Å². The number of hydrogen-bond donors (Lipinski definition) is 0. The molecule has 1 saturated carbocycles. The zero-order valence-corrected chi connectivity index (χ0v) is 14.8. The van der Waals surface area contributed by atoms with E-state index < -0.39 is 12.1 Å². The van der Waals surface area contributed by atoms with Gasteiger partial charge in [-0.25, -0.2) is 9.59 Å². The second-order valence-electron chi connectivity index (χ2n) is 6.59. The summed E-state index contributed by atoms with van der Waals surface area (Å²) in [5.41, 5.74) is 2.34. The third-order valence-electron chi connectivity index (χ3n) is 4.82. The molecule has 26 heavy (non-hydrogen) atoms. The van der Waals surface area contributed by atoms with Crippen LogP contribution in [0.3, 0.4) is 0 Å². The molecular formula is C19H21NO6. The normalized spacial score (nSPS) is 20.2. The summed E-state index contributed by atoms with van der Waals surface area (Å²) >= 11 is 0. The van der Waals surface area contributed by atoms with E-state index in [0.717, 1.165) is 29.4 Å². The highest BCUT2D eigenvalue weighted by Crippen LogP contribution is 2.42. The van der Waals surface area contributed by atoms with Gasteiger partial charge < -0.3 is 23.5 Å². The van der Waals surface area contributed by atoms with Gasteiger partial charge >= 0.3 is 11.9 Å². The Morgan fingerprint density at radius 1 is 1.23 bits per heavy atom. The summed E-state index contributed by atoms with van der Waals surface area (Å²) in [7, 11) is 1.37. The monoisotopic (exact) mass is 359 g/mol. The Bertz CT molecular complexity index is 861. The van der Waals surface area contributed by atoms with Crippen molar-refractivity contribution < 1.29 is 28.5 Å². The van der Waals surface area contributed by atoms with Crippen LogP contribution in [0, 0.1) is 6.92 Å². The first-order valence-corrected chi connectivity index (χ1v) is 8.74. The minimum atomic E-state index is -0.725. The van der Waals surface area contributed by atoms with E-state index in [9.17, 15) is 9.59 Å². The topological polar surface area (TPSA) is 76.0 Å². The quantitative estimate of drug-likeness (QED) is 0.616. The Morgan fingerprint density at radius 3 is 2.69 bits per heavy atom. The number of carbonyl (C=O) groups excluding carboxylic acids is 2. The Labute approximate surface area is 150 Å². The van der Waals surface area contributed by atoms with Gasteiger partial charge in [-0.15, -0.1) is 0 Å². The smallest absolute Gasteiger partial charge is 0.343 e. The second kappa shape index (κ2) is 6.74. The molecule has 7 heteroatoms. The summed E-state index contributed by atoms with van der Waals surface area (Å²) in [4.78, 5) is 24.6. The lowest BCUT2D eigenvalue weighted by molar-refractivity contribution is -0.161. The van der Waals surface area contributed by atoms with Gasteiger partial charge in [0.15, 0.2) is 6.10 Å². The zero-order valence-electron chi connectivity index (χ0n) is 14.8. The minimum Gasteiger partial charge on any atom is -0.465 e. The molecule has 138 valence electrons. The highest BCUT2D eigenvalue weighted by molar-refractivity contribution is 6.06. The predicted octanol–water partition coefficient (Wildman–Crippen LogP) is 2.39. The van der Waals surface area contributed by atoms with Gasteiger partial charge in [0, 0.05) is 22.6 Å². The second-order valence-corrected chi connectivity index (χ2v) is 6.59. The first-order chi connectivity index (χ1) is 12.6. The van der Waals surface area contributed by atoms with Gasteiger partial charge in [-0.2, -0.15) is 0 Å². The number of fused-ring (bicyclic) bond motifs is 1. The third kappa shape index (κ3) is 2.97. The SMILES string of the molecule is COC(=O)c1c(C)n(C2CC2)c2ccc(OC(=O)[C@H]3COCCO3)cc12. The number of ether oxygens (including phenoxy) is 4. The predicted molar refractivity (Wildman–Crippen MR) is 92.5 cm³/mol. The minimum absolute atomic E-state index is 0.186. The lowest BCUT2D eigenvalue weighted by Gasteiger charge is -2.21. The van der Waals surface area contributed by atoms with Crippen molar-refractivity contribution in [1.82, 2.24) is 4.57 Å². The van der Waals surface area contributed by atoms with E-state index in [4.69, 9.17) is 18.9 Å². The summed E-state index contributed by atoms with van der Waals surface area (Å²) < 4.78 is 23.2. The fourth-order valence-electron chi connectivity index (χ4n) is 3.45. The fraction of sp³-hybridized carbons (Fsp3) is 0.474. The standard InChI is InChI=1S/C19H21NO6/c1-11-17(19(22)23-2)14-9-13(5-6-15(14)20(11)12-3-4-12)26-18(21)16-10-24-7-8-25-16/h5-6,9,12,16H,3-4,7-8,10H2,1-2H3/t16-/m1/s1. The molecule has 1 aliphatic carbocycles. The van der Waals surface area contributed by atoms with E-state index in [1.54, 1.807) is 12.1 Å². The van der Waals surface area contributed by atoms with E-state index in [-0.39, 0.29) is 12.6 Å². The maximum Gasteiger partial charge on any atom is 0.343 e. The van der Waals surface area contributed by atoms with Crippen LogP contribution in [-0.4, -0.2) is 49.5 Å². The molecule has 0 bridgehead atoms. The molecule has 1 saturated heterocycles. The molecule has 7 nitrogen and oxygen atoms in total. The Kier molecular flexibility index (Phi) is 4.42. The van der Waals surface area contributed by atoms with Crippen LogP contribution >= 0.6 is 0 Å². The summed E-state index contributed by atoms with van der Waals surface area (Å²) in [5, 5.41) is 0.729. The van der Waals surface area contributed by atoms with E-state index in [1.165, 1.54) is 7.11 Å². The summed E-state index contributed by atoms with van der Waals surface area (Å²) in [6.07, 6.45) is 1.47. The Balaban J connectivity index is 1.69. The highest BCUT2D eigenvalue weighted by atomic mass is 16.6. The summed E-state index contributed by atoms with van der Waals surface area (Å²) in [6, 6.07) is 5.75. The molecule has 0 radical (unpaired) electrons. The third-order valence-corrected chi connectivity index (χ3v) is 4.82. The van der Waals surface area contributed by atoms with Crippen LogP contribution in [0.4, 0.5) is 0 Å². The maximum atomic E-state index is 12.3. The maximum absolute atomic E-state index is 12.3. The van der Waals surface area contributed by atoms with Crippen LogP contribution in [0.1, 0.15) is 34.9 Å². The Hall–Kier alpha value is -2.38. The number of aromatic nitrogens is 1. The van der Waals surface area contributed by atoms with E-state index >= 15 is 0 Å². The molecule has 0 N–H and O–H groups in total. The van der Waals surface area contributed by atoms with Crippen LogP contribution in [-0.2, 0) is 19.0 Å². The Morgan fingerprint density at radius 2 is 2.04 bits per heavy atom. The number of rotatable bonds is 4. The number of methoxy groups -OCH3 is 1. The number of benzene rings is 1. The van der Waals surface area contributed by atoms with E-state index in [0.29, 0.717) is 30.6 Å². The average Bonchev–Trinajstić information content (AvgIpc) is 3.45. The van der Waals surface area contributed by atoms with Gasteiger partial charge in [-0.1, -0.05) is 0 Å². The van der Waals surface area contributed by atoms with Crippen molar-refractivity contribution in [3.05, 3.63) is 29.5 Å². The van der Waals surface area contributed by atoms with Crippen molar-refractivity contribution in [2.75, 3.05) is 26.9 Å². The van der Waals surface area contributed by atoms with Crippen molar-refractivity contribution in [1.29, 1.82) is 0 Å². The van der Waals surface area contributed by atoms with Crippen molar-refractivity contribution in [2.24, 2.45) is 0 Å².